The first-order valence-electron chi connectivity index (χ1n) is 43.6. The molecule has 8 heterocycles. The summed E-state index contributed by atoms with van der Waals surface area (Å²) in [5, 5.41) is 28.5. The molecule has 1 saturated carbocycles. The van der Waals surface area contributed by atoms with Gasteiger partial charge in [-0.15, -0.1) is 0 Å². The summed E-state index contributed by atoms with van der Waals surface area (Å²) in [6, 6.07) is 62.0. The van der Waals surface area contributed by atoms with Gasteiger partial charge in [0.1, 0.15) is 74.5 Å². The number of halogens is 11. The molecular weight excluding hydrogens is 1850 g/mol. The molecule has 11 aromatic rings. The molecule has 2 amide bonds. The Balaban J connectivity index is 0.000000164. The molecule has 4 N–H and O–H groups in total. The number of anilines is 4. The number of hydrogen-bond acceptors (Lipinski definition) is 21. The summed E-state index contributed by atoms with van der Waals surface area (Å²) >= 11 is 28.4. The first-order chi connectivity index (χ1) is 65.0. The molecule has 4 saturated heterocycles. The van der Waals surface area contributed by atoms with E-state index in [1.165, 1.54) is 56.4 Å². The van der Waals surface area contributed by atoms with Crippen LogP contribution < -0.4 is 40.0 Å². The number of aromatic nitrogens is 4. The number of aliphatic hydroxyl groups excluding tert-OH is 1. The van der Waals surface area contributed by atoms with E-state index in [1.54, 1.807) is 54.6 Å². The molecular formula is C100H102Cl5F6N11O13. The Morgan fingerprint density at radius 1 is 0.474 bits per heavy atom. The van der Waals surface area contributed by atoms with Crippen LogP contribution in [0.25, 0.3) is 16.8 Å². The van der Waals surface area contributed by atoms with E-state index < -0.39 is 40.2 Å². The first kappa shape index (κ1) is 104. The zero-order chi connectivity index (χ0) is 96.1. The van der Waals surface area contributed by atoms with Gasteiger partial charge in [-0.25, -0.2) is 19.9 Å². The fourth-order valence-electron chi connectivity index (χ4n) is 14.4. The van der Waals surface area contributed by atoms with Gasteiger partial charge in [0.15, 0.2) is 5.78 Å². The molecule has 0 unspecified atom stereocenters. The highest BCUT2D eigenvalue weighted by molar-refractivity contribution is 6.33. The summed E-state index contributed by atoms with van der Waals surface area (Å²) in [4.78, 5) is 70.5. The van der Waals surface area contributed by atoms with E-state index in [0.29, 0.717) is 136 Å². The van der Waals surface area contributed by atoms with Gasteiger partial charge < -0.3 is 68.9 Å². The van der Waals surface area contributed by atoms with Crippen LogP contribution in [0.5, 0.6) is 17.2 Å². The van der Waals surface area contributed by atoms with E-state index in [2.05, 4.69) is 45.6 Å². The number of pyridine rings is 4. The molecule has 5 fully saturated rings. The van der Waals surface area contributed by atoms with Crippen LogP contribution in [0, 0.1) is 29.9 Å². The highest BCUT2D eigenvalue weighted by atomic mass is 35.5. The zero-order valence-corrected chi connectivity index (χ0v) is 77.8. The quantitative estimate of drug-likeness (QED) is 0.0239. The molecule has 712 valence electrons. The van der Waals surface area contributed by atoms with E-state index in [-0.39, 0.29) is 32.9 Å². The lowest BCUT2D eigenvalue weighted by Crippen LogP contribution is -2.36. The SMILES string of the molecule is C1COCCN1.Cc1ccc(NC(=O)c2cccc(C(F)(F)F)c2)cc1-c1cc(OCc2ccccc2)cc(N2CCOCC2)n1.Cc1ccc(NC(=O)c2cccc(C(F)(F)F)c2)cc1C1=CC(=O)C=C(N2CCOCC2)C1.Clc1cc(OCc2ccccc2)cc(Cl)n1.Clc1cc(OCc2ccccc2)cc(N2CCOCC2)n1.O=[N+]([O-])c1cc(Cl)nc(Cl)c1.OCC1CCCCC1. The Labute approximate surface area is 804 Å². The Morgan fingerprint density at radius 2 is 0.874 bits per heavy atom. The number of aliphatic hydroxyl groups is 1. The highest BCUT2D eigenvalue weighted by Gasteiger charge is 2.33. The van der Waals surface area contributed by atoms with Crippen LogP contribution in [0.15, 0.2) is 242 Å². The normalized spacial score (nSPS) is 14.9. The molecule has 0 atom stereocenters. The van der Waals surface area contributed by atoms with Gasteiger partial charge in [0, 0.05) is 142 Å². The minimum absolute atomic E-state index is 0.0178. The number of nitrogens with zero attached hydrogens (tertiary/aromatic N) is 8. The topological polar surface area (TPSA) is 277 Å². The third kappa shape index (κ3) is 34.8. The van der Waals surface area contributed by atoms with Crippen LogP contribution in [0.2, 0.25) is 25.8 Å². The summed E-state index contributed by atoms with van der Waals surface area (Å²) in [7, 11) is 0. The molecule has 4 aromatic heterocycles. The fraction of sp³-hybridized carbons (Fsp3) is 0.310. The summed E-state index contributed by atoms with van der Waals surface area (Å²) in [5.41, 5.74) is 7.86. The maximum Gasteiger partial charge on any atom is 0.416 e. The van der Waals surface area contributed by atoms with E-state index in [1.807, 2.05) is 135 Å². The van der Waals surface area contributed by atoms with Gasteiger partial charge in [-0.3, -0.25) is 24.5 Å². The minimum Gasteiger partial charge on any atom is -0.489 e. The van der Waals surface area contributed by atoms with Gasteiger partial charge in [-0.1, -0.05) is 193 Å². The Morgan fingerprint density at radius 3 is 1.29 bits per heavy atom. The number of ether oxygens (including phenoxy) is 7. The monoisotopic (exact) mass is 1950 g/mol. The van der Waals surface area contributed by atoms with Crippen molar-refractivity contribution >= 4 is 110 Å². The van der Waals surface area contributed by atoms with Gasteiger partial charge in [-0.2, -0.15) is 26.3 Å². The third-order valence-electron chi connectivity index (χ3n) is 21.4. The number of aryl methyl sites for hydroxylation is 2. The molecule has 17 rings (SSSR count). The third-order valence-corrected chi connectivity index (χ3v) is 22.4. The number of amides is 2. The Hall–Kier alpha value is -11.8. The molecule has 0 bridgehead atoms. The zero-order valence-electron chi connectivity index (χ0n) is 74.1. The Kier molecular flexibility index (Phi) is 40.7. The van der Waals surface area contributed by atoms with E-state index in [0.717, 1.165) is 156 Å². The second-order valence-corrected chi connectivity index (χ2v) is 33.3. The highest BCUT2D eigenvalue weighted by Crippen LogP contribution is 2.38. The predicted molar refractivity (Wildman–Crippen MR) is 513 cm³/mol. The lowest BCUT2D eigenvalue weighted by Gasteiger charge is -2.32. The number of carbonyl (C=O) groups is 3. The van der Waals surface area contributed by atoms with Gasteiger partial charge in [0.05, 0.1) is 86.7 Å². The lowest BCUT2D eigenvalue weighted by molar-refractivity contribution is -0.384. The van der Waals surface area contributed by atoms with E-state index in [4.69, 9.17) is 101 Å². The van der Waals surface area contributed by atoms with E-state index >= 15 is 0 Å². The largest absolute Gasteiger partial charge is 0.489 e. The van der Waals surface area contributed by atoms with Gasteiger partial charge in [0.25, 0.3) is 17.5 Å². The summed E-state index contributed by atoms with van der Waals surface area (Å²) < 4.78 is 117. The number of morpholine rings is 4. The van der Waals surface area contributed by atoms with Crippen molar-refractivity contribution in [2.75, 3.05) is 132 Å². The standard InChI is InChI=1S/C31H28F3N3O3.C25H23F3N2O3.C16H17ClN2O2.C12H9Cl2NO.C7H14O.C5H2Cl2N2O2.C4H9NO/c1-21-10-11-25(35-30(38)23-8-5-9-24(16-23)31(32,33)34)17-27(21)28-18-26(40-20-22-6-3-2-4-7-22)19-29(36-28)37-12-14-39-15-13-37;1-16-5-6-20(29-24(32)17-3-2-4-19(11-17)25(26,27)28)14-23(16)18-12-21(15-22(31)13-18)30-7-9-33-10-8-30;17-15-10-14(21-12-13-4-2-1-3-5-13)11-16(18-15)19-6-8-20-9-7-19;13-11-6-10(7-12(14)15-11)16-8-9-4-2-1-3-5-9;8-6-7-4-2-1-3-5-7;6-4-1-3(9(10)11)2-5(7)8-4;1-3-6-4-2-5-1/h2-11,16-19H,12-15,20H2,1H3,(H,35,38);2-6,11,13-15H,7-10,12H2,1H3,(H,29,32);1-5,10-11H,6-9,12H2;1-7H,8H2;7-8H,1-6H2;1-2H;5H,1-4H2. The fourth-order valence-corrected chi connectivity index (χ4v) is 15.4. The molecule has 4 aliphatic heterocycles. The number of nitro groups is 1. The second-order valence-electron chi connectivity index (χ2n) is 31.4. The van der Waals surface area contributed by atoms with Crippen molar-refractivity contribution in [3.05, 3.63) is 334 Å². The van der Waals surface area contributed by atoms with Crippen LogP contribution in [0.3, 0.4) is 0 Å². The van der Waals surface area contributed by atoms with E-state index in [9.17, 15) is 50.8 Å². The van der Waals surface area contributed by atoms with Gasteiger partial charge in [-0.05, 0) is 138 Å². The molecule has 2 aliphatic carbocycles. The van der Waals surface area contributed by atoms with Crippen LogP contribution in [-0.4, -0.2) is 164 Å². The molecule has 135 heavy (non-hydrogen) atoms. The number of benzene rings is 7. The molecule has 0 radical (unpaired) electrons. The van der Waals surface area contributed by atoms with Crippen molar-refractivity contribution in [2.45, 2.75) is 84.5 Å². The van der Waals surface area contributed by atoms with Crippen molar-refractivity contribution in [3.8, 4) is 28.5 Å². The molecule has 35 heteroatoms. The van der Waals surface area contributed by atoms with Gasteiger partial charge in [0.2, 0.25) is 0 Å². The number of alkyl halides is 6. The first-order valence-corrected chi connectivity index (χ1v) is 45.5. The average Bonchev–Trinajstić information content (AvgIpc) is 0.801. The molecule has 7 aromatic carbocycles. The molecule has 0 spiro atoms. The van der Waals surface area contributed by atoms with Crippen LogP contribution in [0.4, 0.5) is 55.0 Å². The van der Waals surface area contributed by atoms with Crippen molar-refractivity contribution in [1.29, 1.82) is 0 Å². The van der Waals surface area contributed by atoms with Crippen molar-refractivity contribution in [2.24, 2.45) is 5.92 Å². The summed E-state index contributed by atoms with van der Waals surface area (Å²) in [6.07, 6.45) is 1.31. The second kappa shape index (κ2) is 52.9. The number of rotatable bonds is 20. The van der Waals surface area contributed by atoms with Crippen molar-refractivity contribution < 1.29 is 83.9 Å². The maximum atomic E-state index is 13.1. The molecule has 6 aliphatic rings. The lowest BCUT2D eigenvalue weighted by atomic mass is 9.90. The van der Waals surface area contributed by atoms with Crippen LogP contribution in [-0.2, 0) is 55.9 Å². The maximum absolute atomic E-state index is 13.1. The van der Waals surface area contributed by atoms with Crippen LogP contribution in [0.1, 0.15) is 104 Å². The Bertz CT molecular complexity index is 5710. The predicted octanol–water partition coefficient (Wildman–Crippen LogP) is 22.2. The van der Waals surface area contributed by atoms with Crippen molar-refractivity contribution in [1.82, 2.24) is 30.2 Å². The molecule has 24 nitrogen and oxygen atoms in total. The summed E-state index contributed by atoms with van der Waals surface area (Å²) in [5.74, 6) is 2.86. The van der Waals surface area contributed by atoms with Gasteiger partial charge >= 0.3 is 12.4 Å². The minimum atomic E-state index is -4.54. The number of carbonyl (C=O) groups excluding carboxylic acids is 3. The number of ketones is 1. The van der Waals surface area contributed by atoms with Crippen molar-refractivity contribution in [3.63, 3.8) is 0 Å². The number of nitrogens with one attached hydrogen (secondary N) is 3. The smallest absolute Gasteiger partial charge is 0.416 e. The number of allylic oxidation sites excluding steroid dienone is 3. The average molecular weight is 1960 g/mol. The van der Waals surface area contributed by atoms with Crippen LogP contribution >= 0.6 is 58.0 Å². The number of hydrogen-bond donors (Lipinski definition) is 4. The summed E-state index contributed by atoms with van der Waals surface area (Å²) in [6.45, 7) is 17.8.